The Bertz CT molecular complexity index is 142. The Balaban J connectivity index is 3.69. The van der Waals surface area contributed by atoms with Crippen molar-refractivity contribution >= 4 is 17.2 Å². The first-order valence-electron chi connectivity index (χ1n) is 3.50. The molecule has 0 saturated carbocycles. The molecule has 11 heavy (non-hydrogen) atoms. The molecule has 0 spiro atoms. The highest BCUT2D eigenvalue weighted by molar-refractivity contribution is 7.80. The molecule has 0 unspecified atom stereocenters. The van der Waals surface area contributed by atoms with Gasteiger partial charge in [0.15, 0.2) is 0 Å². The maximum absolute atomic E-state index is 9.38. The van der Waals surface area contributed by atoms with Crippen LogP contribution in [-0.4, -0.2) is 40.7 Å². The van der Waals surface area contributed by atoms with Gasteiger partial charge in [-0.25, -0.2) is 0 Å². The maximum atomic E-state index is 9.38. The highest BCUT2D eigenvalue weighted by Gasteiger charge is 2.15. The third-order valence-electron chi connectivity index (χ3n) is 1.08. The summed E-state index contributed by atoms with van der Waals surface area (Å²) >= 11 is 4.72. The van der Waals surface area contributed by atoms with Gasteiger partial charge in [-0.05, 0) is 20.9 Å². The quantitative estimate of drug-likeness (QED) is 0.591. The van der Waals surface area contributed by atoms with E-state index < -0.39 is 5.60 Å². The fraction of sp³-hybridized carbons (Fsp3) is 0.857. The molecule has 0 bridgehead atoms. The number of hydrogen-bond acceptors (Lipinski definition) is 3. The van der Waals surface area contributed by atoms with Crippen LogP contribution in [0.3, 0.4) is 0 Å². The summed E-state index contributed by atoms with van der Waals surface area (Å²) in [5.41, 5.74) is 4.64. The molecular weight excluding hydrogens is 160 g/mol. The Kier molecular flexibility index (Phi) is 3.92. The number of rotatable bonds is 4. The van der Waals surface area contributed by atoms with E-state index in [1.165, 1.54) is 0 Å². The minimum absolute atomic E-state index is 0.455. The summed E-state index contributed by atoms with van der Waals surface area (Å²) in [6.45, 7) is 4.63. The van der Waals surface area contributed by atoms with Crippen LogP contribution in [0.2, 0.25) is 0 Å². The van der Waals surface area contributed by atoms with E-state index >= 15 is 0 Å². The number of thiocarbonyl (C=S) groups is 1. The van der Waals surface area contributed by atoms with Crippen LogP contribution in [0.1, 0.15) is 13.8 Å². The summed E-state index contributed by atoms with van der Waals surface area (Å²) in [4.78, 5) is 2.35. The van der Waals surface area contributed by atoms with Gasteiger partial charge in [0, 0.05) is 13.1 Å². The lowest BCUT2D eigenvalue weighted by molar-refractivity contribution is 0.0491. The van der Waals surface area contributed by atoms with Gasteiger partial charge in [0.05, 0.1) is 10.6 Å². The summed E-state index contributed by atoms with van der Waals surface area (Å²) in [6.07, 6.45) is 0. The first-order valence-corrected chi connectivity index (χ1v) is 3.91. The highest BCUT2D eigenvalue weighted by atomic mass is 32.1. The number of likely N-dealkylation sites (N-methyl/N-ethyl adjacent to an activating group) is 1. The summed E-state index contributed by atoms with van der Waals surface area (Å²) in [5.74, 6) is 0. The van der Waals surface area contributed by atoms with Crippen molar-refractivity contribution in [2.75, 3.05) is 20.1 Å². The Hall–Kier alpha value is -0.190. The van der Waals surface area contributed by atoms with E-state index in [2.05, 4.69) is 0 Å². The minimum atomic E-state index is -0.681. The third-order valence-corrected chi connectivity index (χ3v) is 1.21. The van der Waals surface area contributed by atoms with Crippen LogP contribution in [0.15, 0.2) is 0 Å². The highest BCUT2D eigenvalue weighted by Crippen LogP contribution is 2.02. The number of aliphatic hydroxyl groups is 1. The average molecular weight is 176 g/mol. The molecule has 0 aromatic heterocycles. The number of nitrogens with two attached hydrogens (primary N) is 1. The Labute approximate surface area is 73.2 Å². The van der Waals surface area contributed by atoms with E-state index in [0.717, 1.165) is 0 Å². The Morgan fingerprint density at radius 1 is 1.64 bits per heavy atom. The van der Waals surface area contributed by atoms with E-state index in [0.29, 0.717) is 18.1 Å². The minimum Gasteiger partial charge on any atom is -0.392 e. The molecular formula is C7H16N2OS. The molecule has 3 N–H and O–H groups in total. The van der Waals surface area contributed by atoms with Crippen molar-refractivity contribution in [2.24, 2.45) is 5.73 Å². The lowest BCUT2D eigenvalue weighted by Gasteiger charge is -2.24. The summed E-state index contributed by atoms with van der Waals surface area (Å²) in [7, 11) is 1.87. The molecule has 0 aliphatic carbocycles. The van der Waals surface area contributed by atoms with Gasteiger partial charge in [0.25, 0.3) is 0 Å². The molecule has 0 amide bonds. The SMILES string of the molecule is CN(CC(N)=S)CC(C)(C)O. The fourth-order valence-corrected chi connectivity index (χ4v) is 1.20. The van der Waals surface area contributed by atoms with Gasteiger partial charge in [-0.3, -0.25) is 4.90 Å². The van der Waals surface area contributed by atoms with Crippen molar-refractivity contribution < 1.29 is 5.11 Å². The molecule has 0 rings (SSSR count). The van der Waals surface area contributed by atoms with Gasteiger partial charge in [0.1, 0.15) is 0 Å². The second-order valence-corrected chi connectivity index (χ2v) is 3.98. The largest absolute Gasteiger partial charge is 0.392 e. The summed E-state index contributed by atoms with van der Waals surface area (Å²) < 4.78 is 0. The van der Waals surface area contributed by atoms with Crippen LogP contribution in [0.5, 0.6) is 0 Å². The topological polar surface area (TPSA) is 49.5 Å². The Morgan fingerprint density at radius 2 is 2.09 bits per heavy atom. The molecule has 4 heteroatoms. The molecule has 66 valence electrons. The van der Waals surface area contributed by atoms with E-state index in [1.54, 1.807) is 13.8 Å². The summed E-state index contributed by atoms with van der Waals surface area (Å²) in [5, 5.41) is 9.38. The van der Waals surface area contributed by atoms with Crippen LogP contribution in [0.4, 0.5) is 0 Å². The van der Waals surface area contributed by atoms with Crippen molar-refractivity contribution in [3.05, 3.63) is 0 Å². The van der Waals surface area contributed by atoms with Crippen molar-refractivity contribution in [1.82, 2.24) is 4.90 Å². The molecule has 0 aliphatic rings. The third kappa shape index (κ3) is 7.71. The Morgan fingerprint density at radius 3 is 2.36 bits per heavy atom. The lowest BCUT2D eigenvalue weighted by Crippen LogP contribution is -2.39. The molecule has 0 atom stereocenters. The smallest absolute Gasteiger partial charge is 0.0869 e. The standard InChI is InChI=1S/C7H16N2OS/c1-7(2,10)5-9(3)4-6(8)11/h10H,4-5H2,1-3H3,(H2,8,11). The van der Waals surface area contributed by atoms with Crippen LogP contribution in [0, 0.1) is 0 Å². The van der Waals surface area contributed by atoms with Gasteiger partial charge in [-0.2, -0.15) is 0 Å². The maximum Gasteiger partial charge on any atom is 0.0869 e. The van der Waals surface area contributed by atoms with Crippen LogP contribution in [-0.2, 0) is 0 Å². The first-order chi connectivity index (χ1) is 4.81. The second kappa shape index (κ2) is 3.99. The van der Waals surface area contributed by atoms with Crippen molar-refractivity contribution in [3.63, 3.8) is 0 Å². The van der Waals surface area contributed by atoms with Gasteiger partial charge in [-0.1, -0.05) is 12.2 Å². The molecule has 0 heterocycles. The van der Waals surface area contributed by atoms with Crippen molar-refractivity contribution in [3.8, 4) is 0 Å². The fourth-order valence-electron chi connectivity index (χ4n) is 0.982. The first kappa shape index (κ1) is 10.8. The summed E-state index contributed by atoms with van der Waals surface area (Å²) in [6, 6.07) is 0. The van der Waals surface area contributed by atoms with Gasteiger partial charge < -0.3 is 10.8 Å². The molecule has 0 aliphatic heterocycles. The average Bonchev–Trinajstić information content (AvgIpc) is 1.53. The van der Waals surface area contributed by atoms with Crippen molar-refractivity contribution in [2.45, 2.75) is 19.4 Å². The van der Waals surface area contributed by atoms with E-state index in [4.69, 9.17) is 18.0 Å². The second-order valence-electron chi connectivity index (χ2n) is 3.45. The molecule has 0 aromatic rings. The van der Waals surface area contributed by atoms with Crippen LogP contribution >= 0.6 is 12.2 Å². The zero-order valence-corrected chi connectivity index (χ0v) is 8.11. The number of hydrogen-bond donors (Lipinski definition) is 2. The normalized spacial score (nSPS) is 12.1. The predicted molar refractivity (Wildman–Crippen MR) is 50.6 cm³/mol. The van der Waals surface area contributed by atoms with E-state index in [-0.39, 0.29) is 0 Å². The van der Waals surface area contributed by atoms with E-state index in [9.17, 15) is 5.11 Å². The lowest BCUT2D eigenvalue weighted by atomic mass is 10.1. The molecule has 0 aromatic carbocycles. The van der Waals surface area contributed by atoms with Gasteiger partial charge >= 0.3 is 0 Å². The van der Waals surface area contributed by atoms with E-state index in [1.807, 2.05) is 11.9 Å². The van der Waals surface area contributed by atoms with Crippen LogP contribution < -0.4 is 5.73 Å². The van der Waals surface area contributed by atoms with Crippen LogP contribution in [0.25, 0.3) is 0 Å². The molecule has 0 fully saturated rings. The predicted octanol–water partition coefficient (Wildman–Crippen LogP) is -0.0248. The molecule has 3 nitrogen and oxygen atoms in total. The molecule has 0 saturated heterocycles. The van der Waals surface area contributed by atoms with Gasteiger partial charge in [-0.15, -0.1) is 0 Å². The molecule has 0 radical (unpaired) electrons. The monoisotopic (exact) mass is 176 g/mol. The number of nitrogens with zero attached hydrogens (tertiary/aromatic N) is 1. The zero-order valence-electron chi connectivity index (χ0n) is 7.29. The zero-order chi connectivity index (χ0) is 9.07. The van der Waals surface area contributed by atoms with Gasteiger partial charge in [0.2, 0.25) is 0 Å². The van der Waals surface area contributed by atoms with Crippen molar-refractivity contribution in [1.29, 1.82) is 0 Å².